The molecule has 3 aromatic heterocycles. The van der Waals surface area contributed by atoms with Gasteiger partial charge in [-0.2, -0.15) is 13.8 Å². The lowest BCUT2D eigenvalue weighted by Crippen LogP contribution is -2.19. The minimum atomic E-state index is -2.88. The second-order valence-corrected chi connectivity index (χ2v) is 8.67. The van der Waals surface area contributed by atoms with Crippen LogP contribution in [0.4, 0.5) is 20.4 Å². The number of halogens is 2. The van der Waals surface area contributed by atoms with E-state index in [2.05, 4.69) is 43.7 Å². The van der Waals surface area contributed by atoms with Crippen LogP contribution in [0.2, 0.25) is 0 Å². The molecule has 6 rings (SSSR count). The second kappa shape index (κ2) is 9.43. The molecule has 0 radical (unpaired) electrons. The van der Waals surface area contributed by atoms with Gasteiger partial charge in [0.05, 0.1) is 6.54 Å². The quantitative estimate of drug-likeness (QED) is 0.276. The topological polar surface area (TPSA) is 79.8 Å². The Bertz CT molecular complexity index is 1570. The fraction of sp³-hybridized carbons (Fsp3) is 0.185. The van der Waals surface area contributed by atoms with E-state index in [4.69, 9.17) is 4.98 Å². The molecule has 5 aromatic rings. The van der Waals surface area contributed by atoms with Crippen LogP contribution in [-0.4, -0.2) is 39.2 Å². The van der Waals surface area contributed by atoms with Gasteiger partial charge in [0.25, 0.3) is 0 Å². The number of anilines is 2. The molecular weight excluding hydrogens is 462 g/mol. The van der Waals surface area contributed by atoms with Gasteiger partial charge in [0.1, 0.15) is 11.4 Å². The lowest BCUT2D eigenvalue weighted by molar-refractivity contribution is -0.0504. The highest BCUT2D eigenvalue weighted by Crippen LogP contribution is 2.31. The van der Waals surface area contributed by atoms with Crippen LogP contribution in [0.1, 0.15) is 17.5 Å². The minimum Gasteiger partial charge on any atom is -0.434 e. The summed E-state index contributed by atoms with van der Waals surface area (Å²) >= 11 is 0. The molecule has 0 aliphatic carbocycles. The van der Waals surface area contributed by atoms with Crippen LogP contribution in [0.5, 0.6) is 5.75 Å². The zero-order valence-corrected chi connectivity index (χ0v) is 19.3. The summed E-state index contributed by atoms with van der Waals surface area (Å²) in [6.45, 7) is -0.685. The smallest absolute Gasteiger partial charge is 0.387 e. The van der Waals surface area contributed by atoms with E-state index in [9.17, 15) is 8.78 Å². The van der Waals surface area contributed by atoms with Crippen molar-refractivity contribution in [1.82, 2.24) is 24.8 Å². The van der Waals surface area contributed by atoms with Gasteiger partial charge < -0.3 is 24.9 Å². The molecule has 0 amide bonds. The van der Waals surface area contributed by atoms with Crippen LogP contribution in [0.25, 0.3) is 27.5 Å². The maximum absolute atomic E-state index is 12.8. The molecule has 0 unspecified atom stereocenters. The van der Waals surface area contributed by atoms with Crippen molar-refractivity contribution in [3.63, 3.8) is 0 Å². The zero-order valence-electron chi connectivity index (χ0n) is 19.3. The average molecular weight is 487 g/mol. The normalized spacial score (nSPS) is 13.9. The Kier molecular flexibility index (Phi) is 5.82. The van der Waals surface area contributed by atoms with E-state index in [1.54, 1.807) is 30.5 Å². The number of aromatic amines is 1. The maximum Gasteiger partial charge on any atom is 0.387 e. The number of hydrogen-bond donors (Lipinski definition) is 3. The van der Waals surface area contributed by atoms with Gasteiger partial charge in [-0.05, 0) is 48.9 Å². The Morgan fingerprint density at radius 2 is 2.06 bits per heavy atom. The number of para-hydroxylation sites is 1. The SMILES string of the molecule is FC(F)Oc1ccccc1Cn1ccc2cnc(Nc3ccc4[nH]cc(C5=CCNCC5)c4c3)nc21. The summed E-state index contributed by atoms with van der Waals surface area (Å²) in [5, 5.41) is 8.68. The van der Waals surface area contributed by atoms with Crippen molar-refractivity contribution < 1.29 is 13.5 Å². The van der Waals surface area contributed by atoms with Gasteiger partial charge in [-0.15, -0.1) is 0 Å². The summed E-state index contributed by atoms with van der Waals surface area (Å²) in [7, 11) is 0. The molecule has 182 valence electrons. The molecule has 0 fully saturated rings. The van der Waals surface area contributed by atoms with Crippen molar-refractivity contribution in [3.05, 3.63) is 84.3 Å². The third-order valence-electron chi connectivity index (χ3n) is 6.38. The molecule has 0 saturated carbocycles. The van der Waals surface area contributed by atoms with Crippen LogP contribution in [0.15, 0.2) is 73.2 Å². The largest absolute Gasteiger partial charge is 0.434 e. The van der Waals surface area contributed by atoms with Crippen LogP contribution in [0, 0.1) is 0 Å². The van der Waals surface area contributed by atoms with E-state index in [1.807, 2.05) is 29.0 Å². The van der Waals surface area contributed by atoms with Gasteiger partial charge in [-0.3, -0.25) is 0 Å². The number of H-pyrrole nitrogens is 1. The van der Waals surface area contributed by atoms with Crippen molar-refractivity contribution >= 4 is 39.1 Å². The van der Waals surface area contributed by atoms with E-state index in [0.29, 0.717) is 23.7 Å². The zero-order chi connectivity index (χ0) is 24.5. The first-order valence-corrected chi connectivity index (χ1v) is 11.8. The molecule has 3 N–H and O–H groups in total. The lowest BCUT2D eigenvalue weighted by Gasteiger charge is -2.13. The summed E-state index contributed by atoms with van der Waals surface area (Å²) in [4.78, 5) is 12.6. The first-order chi connectivity index (χ1) is 17.6. The molecule has 4 heterocycles. The van der Waals surface area contributed by atoms with Crippen LogP contribution in [-0.2, 0) is 6.54 Å². The highest BCUT2D eigenvalue weighted by atomic mass is 19.3. The van der Waals surface area contributed by atoms with E-state index in [-0.39, 0.29) is 5.75 Å². The highest BCUT2D eigenvalue weighted by Gasteiger charge is 2.14. The summed E-state index contributed by atoms with van der Waals surface area (Å²) in [6, 6.07) is 14.8. The van der Waals surface area contributed by atoms with Gasteiger partial charge in [-0.25, -0.2) is 4.98 Å². The Balaban J connectivity index is 1.29. The number of fused-ring (bicyclic) bond motifs is 2. The van der Waals surface area contributed by atoms with Gasteiger partial charge in [0.2, 0.25) is 5.95 Å². The molecule has 9 heteroatoms. The number of ether oxygens (including phenoxy) is 1. The average Bonchev–Trinajstić information content (AvgIpc) is 3.49. The molecule has 2 aromatic carbocycles. The molecule has 0 bridgehead atoms. The number of aromatic nitrogens is 4. The Morgan fingerprint density at radius 3 is 2.92 bits per heavy atom. The number of nitrogens with zero attached hydrogens (tertiary/aromatic N) is 3. The number of nitrogens with one attached hydrogen (secondary N) is 3. The molecule has 7 nitrogen and oxygen atoms in total. The van der Waals surface area contributed by atoms with Crippen molar-refractivity contribution in [1.29, 1.82) is 0 Å². The molecule has 0 saturated heterocycles. The molecule has 36 heavy (non-hydrogen) atoms. The standard InChI is InChI=1S/C27H24F2N6O/c28-26(29)36-24-4-2-1-3-19(24)16-35-12-9-18-14-32-27(34-25(18)35)33-20-5-6-23-21(13-20)22(15-31-23)17-7-10-30-11-8-17/h1-7,9,12-15,26,30-31H,8,10-11,16H2,(H,32,33,34). The predicted octanol–water partition coefficient (Wildman–Crippen LogP) is 5.68. The molecule has 1 aliphatic rings. The van der Waals surface area contributed by atoms with Gasteiger partial charge in [0, 0.05) is 58.2 Å². The van der Waals surface area contributed by atoms with Crippen LogP contribution >= 0.6 is 0 Å². The summed E-state index contributed by atoms with van der Waals surface area (Å²) < 4.78 is 32.3. The molecule has 0 atom stereocenters. The maximum atomic E-state index is 12.8. The Labute approximate surface area is 205 Å². The summed E-state index contributed by atoms with van der Waals surface area (Å²) in [6.07, 6.45) is 8.92. The van der Waals surface area contributed by atoms with Gasteiger partial charge in [-0.1, -0.05) is 24.3 Å². The third kappa shape index (κ3) is 4.40. The lowest BCUT2D eigenvalue weighted by atomic mass is 9.99. The van der Waals surface area contributed by atoms with E-state index in [1.165, 1.54) is 11.1 Å². The molecule has 0 spiro atoms. The fourth-order valence-corrected chi connectivity index (χ4v) is 4.65. The number of alkyl halides is 2. The van der Waals surface area contributed by atoms with Crippen molar-refractivity contribution in [2.75, 3.05) is 18.4 Å². The number of benzene rings is 2. The fourth-order valence-electron chi connectivity index (χ4n) is 4.65. The number of rotatable bonds is 7. The second-order valence-electron chi connectivity index (χ2n) is 8.67. The highest BCUT2D eigenvalue weighted by molar-refractivity contribution is 5.95. The predicted molar refractivity (Wildman–Crippen MR) is 137 cm³/mol. The van der Waals surface area contributed by atoms with Gasteiger partial charge in [0.15, 0.2) is 0 Å². The molecular formula is C27H24F2N6O. The van der Waals surface area contributed by atoms with Crippen molar-refractivity contribution in [2.24, 2.45) is 0 Å². The summed E-state index contributed by atoms with van der Waals surface area (Å²) in [5.74, 6) is 0.610. The minimum absolute atomic E-state index is 0.154. The summed E-state index contributed by atoms with van der Waals surface area (Å²) in [5.41, 5.74) is 5.84. The van der Waals surface area contributed by atoms with Crippen molar-refractivity contribution in [3.8, 4) is 5.75 Å². The van der Waals surface area contributed by atoms with Crippen molar-refractivity contribution in [2.45, 2.75) is 19.6 Å². The Morgan fingerprint density at radius 1 is 1.14 bits per heavy atom. The Hall–Kier alpha value is -4.24. The molecule has 1 aliphatic heterocycles. The first kappa shape index (κ1) is 22.2. The van der Waals surface area contributed by atoms with Gasteiger partial charge >= 0.3 is 6.61 Å². The first-order valence-electron chi connectivity index (χ1n) is 11.8. The van der Waals surface area contributed by atoms with Crippen LogP contribution < -0.4 is 15.4 Å². The monoisotopic (exact) mass is 486 g/mol. The van der Waals surface area contributed by atoms with E-state index >= 15 is 0 Å². The van der Waals surface area contributed by atoms with E-state index < -0.39 is 6.61 Å². The number of hydrogen-bond acceptors (Lipinski definition) is 5. The van der Waals surface area contributed by atoms with Crippen LogP contribution in [0.3, 0.4) is 0 Å². The third-order valence-corrected chi connectivity index (χ3v) is 6.38. The van der Waals surface area contributed by atoms with E-state index in [0.717, 1.165) is 41.5 Å².